The molecule has 2 rings (SSSR count). The van der Waals surface area contributed by atoms with E-state index in [1.807, 2.05) is 18.2 Å². The molecule has 2 N–H and O–H groups in total. The van der Waals surface area contributed by atoms with Gasteiger partial charge in [0, 0.05) is 16.7 Å². The smallest absolute Gasteiger partial charge is 0.319 e. The second-order valence-corrected chi connectivity index (χ2v) is 3.52. The SMILES string of the molecule is O=C1NCc2cc(Br)ccc2N1. The highest BCUT2D eigenvalue weighted by atomic mass is 79.9. The van der Waals surface area contributed by atoms with E-state index in [1.54, 1.807) is 0 Å². The first-order chi connectivity index (χ1) is 5.75. The maximum atomic E-state index is 10.9. The second kappa shape index (κ2) is 2.79. The Kier molecular flexibility index (Phi) is 1.77. The number of fused-ring (bicyclic) bond motifs is 1. The summed E-state index contributed by atoms with van der Waals surface area (Å²) in [5, 5.41) is 5.41. The van der Waals surface area contributed by atoms with Crippen LogP contribution in [0.5, 0.6) is 0 Å². The number of anilines is 1. The lowest BCUT2D eigenvalue weighted by Crippen LogP contribution is -2.33. The molecule has 1 heterocycles. The number of carbonyl (C=O) groups is 1. The van der Waals surface area contributed by atoms with Crippen LogP contribution in [0.2, 0.25) is 0 Å². The summed E-state index contributed by atoms with van der Waals surface area (Å²) in [7, 11) is 0. The molecule has 2 amide bonds. The van der Waals surface area contributed by atoms with Crippen molar-refractivity contribution in [3.8, 4) is 0 Å². The quantitative estimate of drug-likeness (QED) is 0.699. The average Bonchev–Trinajstić information content (AvgIpc) is 2.05. The van der Waals surface area contributed by atoms with E-state index in [-0.39, 0.29) is 6.03 Å². The number of benzene rings is 1. The van der Waals surface area contributed by atoms with Crippen LogP contribution in [0, 0.1) is 0 Å². The molecule has 4 heteroatoms. The molecule has 1 aromatic carbocycles. The molecular formula is C8H7BrN2O. The number of halogens is 1. The Morgan fingerprint density at radius 1 is 1.42 bits per heavy atom. The molecule has 0 aromatic heterocycles. The number of hydrogen-bond donors (Lipinski definition) is 2. The molecular weight excluding hydrogens is 220 g/mol. The lowest BCUT2D eigenvalue weighted by molar-refractivity contribution is 0.251. The lowest BCUT2D eigenvalue weighted by Gasteiger charge is -2.17. The van der Waals surface area contributed by atoms with Gasteiger partial charge < -0.3 is 10.6 Å². The normalized spacial score (nSPS) is 14.6. The highest BCUT2D eigenvalue weighted by molar-refractivity contribution is 9.10. The van der Waals surface area contributed by atoms with Gasteiger partial charge in [-0.1, -0.05) is 15.9 Å². The fraction of sp³-hybridized carbons (Fsp3) is 0.125. The topological polar surface area (TPSA) is 41.1 Å². The molecule has 0 atom stereocenters. The molecule has 0 saturated heterocycles. The molecule has 0 bridgehead atoms. The monoisotopic (exact) mass is 226 g/mol. The van der Waals surface area contributed by atoms with Crippen LogP contribution >= 0.6 is 15.9 Å². The van der Waals surface area contributed by atoms with Crippen molar-refractivity contribution in [2.45, 2.75) is 6.54 Å². The van der Waals surface area contributed by atoms with Gasteiger partial charge in [-0.05, 0) is 23.8 Å². The summed E-state index contributed by atoms with van der Waals surface area (Å²) in [6.45, 7) is 0.598. The Labute approximate surface area is 78.3 Å². The maximum absolute atomic E-state index is 10.9. The van der Waals surface area contributed by atoms with Gasteiger partial charge in [0.1, 0.15) is 0 Å². The predicted octanol–water partition coefficient (Wildman–Crippen LogP) is 2.08. The van der Waals surface area contributed by atoms with Crippen molar-refractivity contribution in [2.75, 3.05) is 5.32 Å². The lowest BCUT2D eigenvalue weighted by atomic mass is 10.1. The number of rotatable bonds is 0. The van der Waals surface area contributed by atoms with Crippen molar-refractivity contribution in [2.24, 2.45) is 0 Å². The zero-order valence-electron chi connectivity index (χ0n) is 6.23. The molecule has 0 saturated carbocycles. The Bertz CT molecular complexity index is 338. The number of carbonyl (C=O) groups excluding carboxylic acids is 1. The highest BCUT2D eigenvalue weighted by Gasteiger charge is 2.12. The van der Waals surface area contributed by atoms with Crippen molar-refractivity contribution >= 4 is 27.6 Å². The predicted molar refractivity (Wildman–Crippen MR) is 50.0 cm³/mol. The van der Waals surface area contributed by atoms with Crippen LogP contribution in [0.1, 0.15) is 5.56 Å². The van der Waals surface area contributed by atoms with Crippen LogP contribution in [-0.2, 0) is 6.54 Å². The van der Waals surface area contributed by atoms with E-state index in [0.29, 0.717) is 6.54 Å². The van der Waals surface area contributed by atoms with Crippen LogP contribution in [0.25, 0.3) is 0 Å². The Hall–Kier alpha value is -1.03. The van der Waals surface area contributed by atoms with Crippen molar-refractivity contribution in [3.63, 3.8) is 0 Å². The first-order valence-electron chi connectivity index (χ1n) is 3.59. The summed E-state index contributed by atoms with van der Waals surface area (Å²) < 4.78 is 1.03. The molecule has 0 aliphatic carbocycles. The molecule has 3 nitrogen and oxygen atoms in total. The third kappa shape index (κ3) is 1.30. The largest absolute Gasteiger partial charge is 0.334 e. The van der Waals surface area contributed by atoms with Crippen molar-refractivity contribution in [1.29, 1.82) is 0 Å². The zero-order valence-corrected chi connectivity index (χ0v) is 7.81. The number of nitrogens with one attached hydrogen (secondary N) is 2. The van der Waals surface area contributed by atoms with E-state index in [0.717, 1.165) is 15.7 Å². The van der Waals surface area contributed by atoms with Gasteiger partial charge in [-0.3, -0.25) is 0 Å². The molecule has 1 aromatic rings. The van der Waals surface area contributed by atoms with Crippen molar-refractivity contribution in [3.05, 3.63) is 28.2 Å². The molecule has 0 unspecified atom stereocenters. The van der Waals surface area contributed by atoms with E-state index in [4.69, 9.17) is 0 Å². The van der Waals surface area contributed by atoms with Gasteiger partial charge in [-0.2, -0.15) is 0 Å². The first kappa shape index (κ1) is 7.61. The van der Waals surface area contributed by atoms with E-state index in [1.165, 1.54) is 0 Å². The van der Waals surface area contributed by atoms with Gasteiger partial charge in [0.15, 0.2) is 0 Å². The fourth-order valence-electron chi connectivity index (χ4n) is 1.17. The van der Waals surface area contributed by atoms with E-state index >= 15 is 0 Å². The minimum atomic E-state index is -0.134. The molecule has 62 valence electrons. The minimum Gasteiger partial charge on any atom is -0.334 e. The van der Waals surface area contributed by atoms with E-state index < -0.39 is 0 Å². The number of hydrogen-bond acceptors (Lipinski definition) is 1. The molecule has 0 fully saturated rings. The Morgan fingerprint density at radius 2 is 2.25 bits per heavy atom. The van der Waals surface area contributed by atoms with Gasteiger partial charge in [0.2, 0.25) is 0 Å². The van der Waals surface area contributed by atoms with Gasteiger partial charge in [0.25, 0.3) is 0 Å². The van der Waals surface area contributed by atoms with Crippen LogP contribution in [0.3, 0.4) is 0 Å². The second-order valence-electron chi connectivity index (χ2n) is 2.61. The van der Waals surface area contributed by atoms with Gasteiger partial charge in [-0.15, -0.1) is 0 Å². The maximum Gasteiger partial charge on any atom is 0.319 e. The van der Waals surface area contributed by atoms with Gasteiger partial charge in [0.05, 0.1) is 0 Å². The van der Waals surface area contributed by atoms with Crippen molar-refractivity contribution < 1.29 is 4.79 Å². The summed E-state index contributed by atoms with van der Waals surface area (Å²) in [6.07, 6.45) is 0. The molecule has 1 aliphatic heterocycles. The van der Waals surface area contributed by atoms with Crippen LogP contribution in [0.15, 0.2) is 22.7 Å². The van der Waals surface area contributed by atoms with Crippen molar-refractivity contribution in [1.82, 2.24) is 5.32 Å². The van der Waals surface area contributed by atoms with Crippen LogP contribution < -0.4 is 10.6 Å². The fourth-order valence-corrected chi connectivity index (χ4v) is 1.58. The summed E-state index contributed by atoms with van der Waals surface area (Å²) in [5.41, 5.74) is 1.99. The summed E-state index contributed by atoms with van der Waals surface area (Å²) >= 11 is 3.37. The van der Waals surface area contributed by atoms with Gasteiger partial charge in [-0.25, -0.2) is 4.79 Å². The molecule has 0 spiro atoms. The molecule has 12 heavy (non-hydrogen) atoms. The number of amides is 2. The third-order valence-electron chi connectivity index (χ3n) is 1.75. The van der Waals surface area contributed by atoms with Gasteiger partial charge >= 0.3 is 6.03 Å². The number of urea groups is 1. The van der Waals surface area contributed by atoms with E-state index in [2.05, 4.69) is 26.6 Å². The third-order valence-corrected chi connectivity index (χ3v) is 2.25. The summed E-state index contributed by atoms with van der Waals surface area (Å²) in [5.74, 6) is 0. The van der Waals surface area contributed by atoms with Crippen LogP contribution in [-0.4, -0.2) is 6.03 Å². The average molecular weight is 227 g/mol. The summed E-state index contributed by atoms with van der Waals surface area (Å²) in [4.78, 5) is 10.9. The minimum absolute atomic E-state index is 0.134. The Balaban J connectivity index is 2.43. The molecule has 1 aliphatic rings. The van der Waals surface area contributed by atoms with E-state index in [9.17, 15) is 4.79 Å². The standard InChI is InChI=1S/C8H7BrN2O/c9-6-1-2-7-5(3-6)4-10-8(12)11-7/h1-3H,4H2,(H2,10,11,12). The Morgan fingerprint density at radius 3 is 3.08 bits per heavy atom. The highest BCUT2D eigenvalue weighted by Crippen LogP contribution is 2.22. The van der Waals surface area contributed by atoms with Crippen LogP contribution in [0.4, 0.5) is 10.5 Å². The first-order valence-corrected chi connectivity index (χ1v) is 4.38. The molecule has 0 radical (unpaired) electrons. The summed E-state index contributed by atoms with van der Waals surface area (Å²) in [6, 6.07) is 5.65. The zero-order chi connectivity index (χ0) is 8.55.